The number of fused-ring (bicyclic) bond motifs is 1. The number of nitrogens with one attached hydrogen (secondary N) is 1. The number of aryl methyl sites for hydroxylation is 1. The molecule has 0 saturated heterocycles. The van der Waals surface area contributed by atoms with E-state index in [2.05, 4.69) is 15.6 Å². The first-order chi connectivity index (χ1) is 17.1. The van der Waals surface area contributed by atoms with Gasteiger partial charge in [0.15, 0.2) is 0 Å². The number of nitrogens with zero attached hydrogens (tertiary/aromatic N) is 4. The quantitative estimate of drug-likeness (QED) is 0.432. The lowest BCUT2D eigenvalue weighted by molar-refractivity contribution is -0.127. The highest BCUT2D eigenvalue weighted by molar-refractivity contribution is 6.01. The van der Waals surface area contributed by atoms with Crippen LogP contribution in [0.5, 0.6) is 0 Å². The van der Waals surface area contributed by atoms with Gasteiger partial charge in [-0.2, -0.15) is 0 Å². The van der Waals surface area contributed by atoms with Crippen LogP contribution >= 0.6 is 0 Å². The van der Waals surface area contributed by atoms with Crippen molar-refractivity contribution in [2.75, 3.05) is 4.90 Å². The van der Waals surface area contributed by atoms with Crippen molar-refractivity contribution in [3.8, 4) is 0 Å². The normalized spacial score (nSPS) is 14.7. The van der Waals surface area contributed by atoms with E-state index in [9.17, 15) is 9.59 Å². The fourth-order valence-corrected chi connectivity index (χ4v) is 4.91. The molecule has 1 aliphatic rings. The van der Waals surface area contributed by atoms with Gasteiger partial charge >= 0.3 is 0 Å². The van der Waals surface area contributed by atoms with Crippen LogP contribution in [-0.2, 0) is 16.1 Å². The van der Waals surface area contributed by atoms with Gasteiger partial charge in [-0.1, -0.05) is 72.7 Å². The Balaban J connectivity index is 1.56. The Labute approximate surface area is 204 Å². The van der Waals surface area contributed by atoms with Crippen LogP contribution in [-0.4, -0.2) is 32.9 Å². The summed E-state index contributed by atoms with van der Waals surface area (Å²) in [7, 11) is 0. The van der Waals surface area contributed by atoms with Gasteiger partial charge in [0.1, 0.15) is 18.1 Å². The van der Waals surface area contributed by atoms with Gasteiger partial charge in [-0.15, -0.1) is 5.10 Å². The van der Waals surface area contributed by atoms with Crippen molar-refractivity contribution in [2.24, 2.45) is 0 Å². The van der Waals surface area contributed by atoms with E-state index in [-0.39, 0.29) is 24.4 Å². The van der Waals surface area contributed by atoms with E-state index < -0.39 is 6.04 Å². The molecular weight excluding hydrogens is 438 g/mol. The predicted octanol–water partition coefficient (Wildman–Crippen LogP) is 4.57. The topological polar surface area (TPSA) is 80.1 Å². The standard InChI is InChI=1S/C28H29N5O2/c1-20-11-5-8-16-23(20)27(28(35)29-21-12-6-7-13-21)33(22-14-3-2-4-15-22)26(34)19-32-25-18-10-9-17-24(25)30-31-32/h2-5,8-11,14-18,21,27H,6-7,12-13,19H2,1H3,(H,29,35)/t27-/m0/s1. The second-order valence-electron chi connectivity index (χ2n) is 9.08. The van der Waals surface area contributed by atoms with Crippen molar-refractivity contribution in [3.05, 3.63) is 90.0 Å². The highest BCUT2D eigenvalue weighted by Crippen LogP contribution is 2.31. The van der Waals surface area contributed by atoms with Gasteiger partial charge in [0.25, 0.3) is 0 Å². The van der Waals surface area contributed by atoms with Crippen molar-refractivity contribution in [2.45, 2.75) is 51.2 Å². The van der Waals surface area contributed by atoms with E-state index >= 15 is 0 Å². The van der Waals surface area contributed by atoms with Crippen LogP contribution in [0.25, 0.3) is 11.0 Å². The molecule has 3 aromatic carbocycles. The van der Waals surface area contributed by atoms with Crippen LogP contribution in [0.1, 0.15) is 42.9 Å². The summed E-state index contributed by atoms with van der Waals surface area (Å²) in [5, 5.41) is 11.6. The molecule has 1 N–H and O–H groups in total. The number of aromatic nitrogens is 3. The van der Waals surface area contributed by atoms with Crippen LogP contribution in [0.15, 0.2) is 78.9 Å². The molecule has 35 heavy (non-hydrogen) atoms. The third-order valence-electron chi connectivity index (χ3n) is 6.70. The van der Waals surface area contributed by atoms with Crippen LogP contribution < -0.4 is 10.2 Å². The molecule has 0 aliphatic heterocycles. The number of hydrogen-bond acceptors (Lipinski definition) is 4. The Morgan fingerprint density at radius 1 is 0.971 bits per heavy atom. The molecule has 1 heterocycles. The minimum atomic E-state index is -0.804. The maximum absolute atomic E-state index is 14.0. The lowest BCUT2D eigenvalue weighted by Crippen LogP contribution is -2.47. The SMILES string of the molecule is Cc1ccccc1[C@@H](C(=O)NC1CCCC1)N(C(=O)Cn1nnc2ccccc21)c1ccccc1. The second-order valence-corrected chi connectivity index (χ2v) is 9.08. The Morgan fingerprint density at radius 2 is 1.66 bits per heavy atom. The van der Waals surface area contributed by atoms with Gasteiger partial charge < -0.3 is 5.32 Å². The molecule has 1 fully saturated rings. The van der Waals surface area contributed by atoms with Gasteiger partial charge in [0.2, 0.25) is 11.8 Å². The summed E-state index contributed by atoms with van der Waals surface area (Å²) in [6, 6.07) is 24.0. The zero-order valence-corrected chi connectivity index (χ0v) is 19.8. The van der Waals surface area contributed by atoms with Gasteiger partial charge in [-0.25, -0.2) is 4.68 Å². The zero-order chi connectivity index (χ0) is 24.2. The Bertz CT molecular complexity index is 1330. The summed E-state index contributed by atoms with van der Waals surface area (Å²) in [6.07, 6.45) is 4.16. The van der Waals surface area contributed by atoms with E-state index in [0.29, 0.717) is 5.69 Å². The minimum Gasteiger partial charge on any atom is -0.351 e. The maximum atomic E-state index is 14.0. The van der Waals surface area contributed by atoms with E-state index in [1.165, 1.54) is 0 Å². The molecule has 0 unspecified atom stereocenters. The number of hydrogen-bond donors (Lipinski definition) is 1. The smallest absolute Gasteiger partial charge is 0.249 e. The molecule has 7 heteroatoms. The number of amides is 2. The third kappa shape index (κ3) is 4.80. The van der Waals surface area contributed by atoms with Gasteiger partial charge in [0, 0.05) is 11.7 Å². The molecule has 0 spiro atoms. The Kier molecular flexibility index (Phi) is 6.57. The third-order valence-corrected chi connectivity index (χ3v) is 6.70. The molecule has 5 rings (SSSR count). The number of carbonyl (C=O) groups excluding carboxylic acids is 2. The number of benzene rings is 3. The molecule has 4 aromatic rings. The van der Waals surface area contributed by atoms with Crippen molar-refractivity contribution in [3.63, 3.8) is 0 Å². The first-order valence-corrected chi connectivity index (χ1v) is 12.1. The van der Waals surface area contributed by atoms with Crippen LogP contribution in [0.2, 0.25) is 0 Å². The molecule has 0 radical (unpaired) electrons. The molecule has 1 atom stereocenters. The van der Waals surface area contributed by atoms with Crippen molar-refractivity contribution in [1.29, 1.82) is 0 Å². The number of anilines is 1. The lowest BCUT2D eigenvalue weighted by Gasteiger charge is -2.33. The summed E-state index contributed by atoms with van der Waals surface area (Å²) >= 11 is 0. The fourth-order valence-electron chi connectivity index (χ4n) is 4.91. The highest BCUT2D eigenvalue weighted by Gasteiger charge is 2.35. The zero-order valence-electron chi connectivity index (χ0n) is 19.8. The van der Waals surface area contributed by atoms with E-state index in [1.807, 2.05) is 85.8 Å². The predicted molar refractivity (Wildman–Crippen MR) is 136 cm³/mol. The summed E-state index contributed by atoms with van der Waals surface area (Å²) < 4.78 is 1.59. The average molecular weight is 468 g/mol. The molecule has 7 nitrogen and oxygen atoms in total. The first-order valence-electron chi connectivity index (χ1n) is 12.1. The summed E-state index contributed by atoms with van der Waals surface area (Å²) in [5.41, 5.74) is 3.93. The van der Waals surface area contributed by atoms with Crippen LogP contribution in [0.3, 0.4) is 0 Å². The van der Waals surface area contributed by atoms with Crippen LogP contribution in [0.4, 0.5) is 5.69 Å². The molecule has 1 aromatic heterocycles. The largest absolute Gasteiger partial charge is 0.351 e. The molecule has 1 saturated carbocycles. The Hall–Kier alpha value is -4.00. The summed E-state index contributed by atoms with van der Waals surface area (Å²) in [5.74, 6) is -0.395. The monoisotopic (exact) mass is 467 g/mol. The summed E-state index contributed by atoms with van der Waals surface area (Å²) in [4.78, 5) is 29.4. The second kappa shape index (κ2) is 10.1. The summed E-state index contributed by atoms with van der Waals surface area (Å²) in [6.45, 7) is 1.94. The van der Waals surface area contributed by atoms with Crippen molar-refractivity contribution in [1.82, 2.24) is 20.3 Å². The Morgan fingerprint density at radius 3 is 2.43 bits per heavy atom. The van der Waals surface area contributed by atoms with Gasteiger partial charge in [0.05, 0.1) is 5.52 Å². The van der Waals surface area contributed by atoms with Gasteiger partial charge in [-0.05, 0) is 55.2 Å². The first kappa shape index (κ1) is 22.8. The molecular formula is C28H29N5O2. The minimum absolute atomic E-state index is 0.0332. The van der Waals surface area contributed by atoms with E-state index in [1.54, 1.807) is 9.58 Å². The maximum Gasteiger partial charge on any atom is 0.249 e. The van der Waals surface area contributed by atoms with Crippen LogP contribution in [0, 0.1) is 6.92 Å². The average Bonchev–Trinajstić information content (AvgIpc) is 3.54. The molecule has 0 bridgehead atoms. The number of rotatable bonds is 7. The van der Waals surface area contributed by atoms with E-state index in [4.69, 9.17) is 0 Å². The highest BCUT2D eigenvalue weighted by atomic mass is 16.2. The molecule has 178 valence electrons. The van der Waals surface area contributed by atoms with Gasteiger partial charge in [-0.3, -0.25) is 14.5 Å². The molecule has 2 amide bonds. The number of para-hydroxylation sites is 2. The molecule has 1 aliphatic carbocycles. The van der Waals surface area contributed by atoms with Crippen molar-refractivity contribution >= 4 is 28.5 Å². The van der Waals surface area contributed by atoms with Crippen molar-refractivity contribution < 1.29 is 9.59 Å². The lowest BCUT2D eigenvalue weighted by atomic mass is 9.97. The van der Waals surface area contributed by atoms with E-state index in [0.717, 1.165) is 47.8 Å². The fraction of sp³-hybridized carbons (Fsp3) is 0.286. The number of carbonyl (C=O) groups is 2.